The summed E-state index contributed by atoms with van der Waals surface area (Å²) in [6, 6.07) is 12.0. The van der Waals surface area contributed by atoms with Crippen molar-refractivity contribution < 1.29 is 14.0 Å². The zero-order valence-electron chi connectivity index (χ0n) is 28.1. The summed E-state index contributed by atoms with van der Waals surface area (Å²) >= 11 is 0. The van der Waals surface area contributed by atoms with E-state index >= 15 is 0 Å². The highest BCUT2D eigenvalue weighted by atomic mass is 19.1. The van der Waals surface area contributed by atoms with Crippen LogP contribution in [0.2, 0.25) is 0 Å². The van der Waals surface area contributed by atoms with E-state index in [2.05, 4.69) is 43.2 Å². The van der Waals surface area contributed by atoms with Gasteiger partial charge in [0.25, 0.3) is 11.1 Å². The molecule has 2 N–H and O–H groups in total. The molecule has 256 valence electrons. The minimum Gasteiger partial charge on any atom is -0.340 e. The molecule has 0 bridgehead atoms. The molecule has 2 aromatic carbocycles. The van der Waals surface area contributed by atoms with Gasteiger partial charge in [0.2, 0.25) is 5.91 Å². The van der Waals surface area contributed by atoms with Gasteiger partial charge in [0.15, 0.2) is 5.78 Å². The van der Waals surface area contributed by atoms with Crippen molar-refractivity contribution in [3.63, 3.8) is 0 Å². The summed E-state index contributed by atoms with van der Waals surface area (Å²) in [4.78, 5) is 66.3. The highest BCUT2D eigenvalue weighted by Crippen LogP contribution is 2.27. The lowest BCUT2D eigenvalue weighted by molar-refractivity contribution is -0.137. The Balaban J connectivity index is 1.13. The Morgan fingerprint density at radius 1 is 0.898 bits per heavy atom. The minimum atomic E-state index is -0.489. The summed E-state index contributed by atoms with van der Waals surface area (Å²) in [6.45, 7) is 9.21. The van der Waals surface area contributed by atoms with Crippen molar-refractivity contribution in [3.8, 4) is 0 Å². The maximum Gasteiger partial charge on any atom is 0.272 e. The van der Waals surface area contributed by atoms with Crippen molar-refractivity contribution in [1.29, 1.82) is 0 Å². The number of ketones is 1. The minimum absolute atomic E-state index is 0.0480. The number of benzene rings is 2. The molecular weight excluding hydrogens is 623 g/mol. The van der Waals surface area contributed by atoms with E-state index in [-0.39, 0.29) is 28.3 Å². The van der Waals surface area contributed by atoms with Crippen LogP contribution in [0.5, 0.6) is 0 Å². The molecule has 1 saturated carbocycles. The van der Waals surface area contributed by atoms with Gasteiger partial charge >= 0.3 is 0 Å². The Kier molecular flexibility index (Phi) is 10.5. The number of halogens is 1. The molecular formula is C38H43FN6O4. The van der Waals surface area contributed by atoms with Gasteiger partial charge in [0.05, 0.1) is 12.0 Å². The number of aromatic amines is 2. The van der Waals surface area contributed by atoms with E-state index < -0.39 is 16.9 Å². The van der Waals surface area contributed by atoms with E-state index in [9.17, 15) is 23.6 Å². The van der Waals surface area contributed by atoms with Gasteiger partial charge in [-0.1, -0.05) is 44.9 Å². The highest BCUT2D eigenvalue weighted by Gasteiger charge is 2.29. The SMILES string of the molecule is CC(C)c1c(/C=c2\[nH]c(=O)/c(=C/c3cccc(C(=O)c4ccc(F)cc4)c3)[nH]c2=O)ncn1CCCN1CCN(C(=O)C2CCCC2)CC1. The summed E-state index contributed by atoms with van der Waals surface area (Å²) in [6.07, 6.45) is 10.2. The number of carbonyl (C=O) groups is 2. The van der Waals surface area contributed by atoms with Crippen LogP contribution in [0.15, 0.2) is 64.4 Å². The summed E-state index contributed by atoms with van der Waals surface area (Å²) < 4.78 is 15.4. The zero-order chi connectivity index (χ0) is 34.5. The lowest BCUT2D eigenvalue weighted by Gasteiger charge is -2.36. The number of carbonyl (C=O) groups excluding carboxylic acids is 2. The number of piperazine rings is 1. The molecule has 3 heterocycles. The van der Waals surface area contributed by atoms with Gasteiger partial charge in [-0.25, -0.2) is 9.37 Å². The van der Waals surface area contributed by atoms with Gasteiger partial charge in [-0.15, -0.1) is 0 Å². The Morgan fingerprint density at radius 3 is 2.24 bits per heavy atom. The first kappa shape index (κ1) is 34.0. The fourth-order valence-electron chi connectivity index (χ4n) is 6.95. The van der Waals surface area contributed by atoms with Crippen LogP contribution in [0, 0.1) is 11.7 Å². The summed E-state index contributed by atoms with van der Waals surface area (Å²) in [5.74, 6) is -0.0109. The largest absolute Gasteiger partial charge is 0.340 e. The van der Waals surface area contributed by atoms with Crippen molar-refractivity contribution in [1.82, 2.24) is 29.3 Å². The molecule has 1 aliphatic heterocycles. The number of rotatable bonds is 10. The van der Waals surface area contributed by atoms with Crippen LogP contribution in [0.4, 0.5) is 4.39 Å². The molecule has 0 atom stereocenters. The second-order valence-electron chi connectivity index (χ2n) is 13.4. The maximum absolute atomic E-state index is 13.3. The predicted octanol–water partition coefficient (Wildman–Crippen LogP) is 3.14. The Hall–Kier alpha value is -4.90. The van der Waals surface area contributed by atoms with Crippen LogP contribution in [0.3, 0.4) is 0 Å². The van der Waals surface area contributed by atoms with Crippen molar-refractivity contribution in [2.24, 2.45) is 5.92 Å². The number of nitrogens with zero attached hydrogens (tertiary/aromatic N) is 4. The van der Waals surface area contributed by atoms with Gasteiger partial charge in [-0.3, -0.25) is 24.1 Å². The lowest BCUT2D eigenvalue weighted by atomic mass is 10.0. The summed E-state index contributed by atoms with van der Waals surface area (Å²) in [5, 5.41) is 0.145. The van der Waals surface area contributed by atoms with Crippen molar-refractivity contribution in [2.45, 2.75) is 58.4 Å². The molecule has 1 saturated heterocycles. The second kappa shape index (κ2) is 15.1. The number of aromatic nitrogens is 4. The number of amides is 1. The number of imidazole rings is 1. The zero-order valence-corrected chi connectivity index (χ0v) is 28.1. The average molecular weight is 667 g/mol. The molecule has 1 amide bonds. The first-order chi connectivity index (χ1) is 23.7. The van der Waals surface area contributed by atoms with Gasteiger partial charge in [-0.05, 0) is 79.8 Å². The first-order valence-electron chi connectivity index (χ1n) is 17.2. The Labute approximate surface area is 284 Å². The highest BCUT2D eigenvalue weighted by molar-refractivity contribution is 6.09. The average Bonchev–Trinajstić information content (AvgIpc) is 3.78. The Bertz CT molecular complexity index is 2050. The van der Waals surface area contributed by atoms with Crippen molar-refractivity contribution in [2.75, 3.05) is 32.7 Å². The van der Waals surface area contributed by atoms with E-state index in [1.165, 1.54) is 43.2 Å². The number of hydrogen-bond donors (Lipinski definition) is 2. The standard InChI is InChI=1S/C38H43FN6O4/c1-25(2)34-31(40-24-45(34)16-6-15-43-17-19-44(20-18-43)38(49)28-8-3-4-9-28)23-33-37(48)41-32(36(47)42-33)22-26-7-5-10-29(21-26)35(46)27-11-13-30(39)14-12-27/h5,7,10-14,21-25,28H,3-4,6,8-9,15-20H2,1-2H3,(H,41,48)(H,42,47)/b32-22-,33-23-. The molecule has 11 heteroatoms. The topological polar surface area (TPSA) is 124 Å². The van der Waals surface area contributed by atoms with Gasteiger partial charge in [-0.2, -0.15) is 0 Å². The molecule has 2 aromatic heterocycles. The third kappa shape index (κ3) is 8.05. The molecule has 10 nitrogen and oxygen atoms in total. The van der Waals surface area contributed by atoms with Crippen LogP contribution in [-0.4, -0.2) is 73.7 Å². The summed E-state index contributed by atoms with van der Waals surface area (Å²) in [5.41, 5.74) is 1.90. The molecule has 49 heavy (non-hydrogen) atoms. The molecule has 0 radical (unpaired) electrons. The molecule has 0 unspecified atom stereocenters. The van der Waals surface area contributed by atoms with Crippen LogP contribution in [0.1, 0.15) is 84.7 Å². The molecule has 0 spiro atoms. The van der Waals surface area contributed by atoms with Crippen LogP contribution < -0.4 is 21.8 Å². The van der Waals surface area contributed by atoms with Gasteiger partial charge < -0.3 is 19.4 Å². The van der Waals surface area contributed by atoms with E-state index in [1.807, 2.05) is 0 Å². The van der Waals surface area contributed by atoms with Crippen molar-refractivity contribution >= 4 is 23.8 Å². The first-order valence-corrected chi connectivity index (χ1v) is 17.2. The maximum atomic E-state index is 13.3. The van der Waals surface area contributed by atoms with Crippen LogP contribution in [0.25, 0.3) is 12.2 Å². The predicted molar refractivity (Wildman–Crippen MR) is 186 cm³/mol. The monoisotopic (exact) mass is 666 g/mol. The van der Waals surface area contributed by atoms with Crippen molar-refractivity contribution in [3.05, 3.63) is 120 Å². The Morgan fingerprint density at radius 2 is 1.57 bits per heavy atom. The lowest BCUT2D eigenvalue weighted by Crippen LogP contribution is -2.50. The fraction of sp³-hybridized carbons (Fsp3) is 0.395. The third-order valence-electron chi connectivity index (χ3n) is 9.55. The van der Waals surface area contributed by atoms with E-state index in [0.29, 0.717) is 28.3 Å². The van der Waals surface area contributed by atoms with Gasteiger partial charge in [0, 0.05) is 55.5 Å². The number of hydrogen-bond acceptors (Lipinski definition) is 6. The van der Waals surface area contributed by atoms with E-state index in [4.69, 9.17) is 0 Å². The smallest absolute Gasteiger partial charge is 0.272 e. The quantitative estimate of drug-likeness (QED) is 0.251. The second-order valence-corrected chi connectivity index (χ2v) is 13.4. The van der Waals surface area contributed by atoms with Gasteiger partial charge in [0.1, 0.15) is 16.5 Å². The van der Waals surface area contributed by atoms with Crippen LogP contribution >= 0.6 is 0 Å². The van der Waals surface area contributed by atoms with E-state index in [1.54, 1.807) is 36.7 Å². The molecule has 1 aliphatic carbocycles. The van der Waals surface area contributed by atoms with E-state index in [0.717, 1.165) is 64.2 Å². The number of nitrogens with one attached hydrogen (secondary N) is 2. The molecule has 4 aromatic rings. The van der Waals surface area contributed by atoms with Crippen LogP contribution in [-0.2, 0) is 11.3 Å². The molecule has 2 fully saturated rings. The number of aryl methyl sites for hydroxylation is 1. The normalized spacial score (nSPS) is 16.6. The molecule has 2 aliphatic rings. The molecule has 6 rings (SSSR count). The third-order valence-corrected chi connectivity index (χ3v) is 9.55. The fourth-order valence-corrected chi connectivity index (χ4v) is 6.95. The summed E-state index contributed by atoms with van der Waals surface area (Å²) in [7, 11) is 0. The number of H-pyrrole nitrogens is 2.